The summed E-state index contributed by atoms with van der Waals surface area (Å²) in [7, 11) is 0. The maximum Gasteiger partial charge on any atom is 0.0371 e. The highest BCUT2D eigenvalue weighted by Crippen LogP contribution is 2.50. The van der Waals surface area contributed by atoms with E-state index in [1.54, 1.807) is 12.4 Å². The number of aryl methyl sites for hydroxylation is 2. The minimum absolute atomic E-state index is 0.243. The lowest BCUT2D eigenvalue weighted by atomic mass is 9.81. The molecule has 4 aromatic heterocycles. The molecule has 1 saturated heterocycles. The molecule has 3 saturated carbocycles. The number of piperidine rings is 1. The number of nitrogens with one attached hydrogen (secondary N) is 4. The van der Waals surface area contributed by atoms with Crippen LogP contribution in [0, 0.1) is 92.7 Å². The fraction of sp³-hybridized carbons (Fsp3) is 0.644. The highest BCUT2D eigenvalue weighted by molar-refractivity contribution is 5.42. The van der Waals surface area contributed by atoms with E-state index in [-0.39, 0.29) is 16.2 Å². The molecule has 1 aliphatic heterocycles. The van der Waals surface area contributed by atoms with E-state index >= 15 is 0 Å². The number of para-hydroxylation sites is 1. The lowest BCUT2D eigenvalue weighted by Crippen LogP contribution is -2.40. The second-order valence-corrected chi connectivity index (χ2v) is 49.0. The van der Waals surface area contributed by atoms with E-state index in [4.69, 9.17) is 11.5 Å². The monoisotopic (exact) mass is 1760 g/mol. The van der Waals surface area contributed by atoms with Gasteiger partial charge in [0.05, 0.1) is 0 Å². The van der Waals surface area contributed by atoms with E-state index in [9.17, 15) is 0 Å². The Morgan fingerprint density at radius 1 is 0.438 bits per heavy atom. The van der Waals surface area contributed by atoms with E-state index in [2.05, 4.69) is 437 Å². The van der Waals surface area contributed by atoms with Gasteiger partial charge in [-0.1, -0.05) is 346 Å². The van der Waals surface area contributed by atoms with Crippen molar-refractivity contribution in [2.75, 3.05) is 56.4 Å². The molecule has 4 fully saturated rings. The minimum atomic E-state index is 0.243. The molecule has 3 aliphatic carbocycles. The lowest BCUT2D eigenvalue weighted by molar-refractivity contribution is 0.261. The Morgan fingerprint density at radius 3 is 1.18 bits per heavy atom. The number of aromatic nitrogens is 4. The first kappa shape index (κ1) is 121. The Morgan fingerprint density at radius 2 is 0.852 bits per heavy atom. The summed E-state index contributed by atoms with van der Waals surface area (Å²) < 4.78 is 0. The quantitative estimate of drug-likeness (QED) is 0.0407. The molecule has 10 nitrogen and oxygen atoms in total. The topological polar surface area (TPSA) is 152 Å². The van der Waals surface area contributed by atoms with Crippen molar-refractivity contribution < 1.29 is 0 Å². The van der Waals surface area contributed by atoms with Gasteiger partial charge < -0.3 is 32.7 Å². The molecule has 0 bridgehead atoms. The molecule has 7 aromatic rings. The molecule has 0 radical (unpaired) electrons. The van der Waals surface area contributed by atoms with Crippen molar-refractivity contribution in [2.24, 2.45) is 78.5 Å². The number of anilines is 2. The van der Waals surface area contributed by atoms with Gasteiger partial charge in [0.2, 0.25) is 0 Å². The molecule has 0 atom stereocenters. The normalized spacial score (nSPS) is 14.5. The Kier molecular flexibility index (Phi) is 56.2. The zero-order valence-corrected chi connectivity index (χ0v) is 90.1. The number of nitrogens with two attached hydrogens (primary N) is 2. The number of rotatable bonds is 16. The van der Waals surface area contributed by atoms with E-state index in [1.807, 2.05) is 55.4 Å². The zero-order chi connectivity index (χ0) is 97.9. The highest BCUT2D eigenvalue weighted by atomic mass is 15.0. The van der Waals surface area contributed by atoms with Crippen LogP contribution in [0.4, 0.5) is 11.4 Å². The largest absolute Gasteiger partial charge is 0.385 e. The Balaban J connectivity index is 0.00000138. The van der Waals surface area contributed by atoms with Crippen LogP contribution in [-0.2, 0) is 28.1 Å². The fourth-order valence-corrected chi connectivity index (χ4v) is 12.1. The third-order valence-corrected chi connectivity index (χ3v) is 22.8. The van der Waals surface area contributed by atoms with Crippen molar-refractivity contribution in [3.05, 3.63) is 228 Å². The Bertz CT molecular complexity index is 3830. The molecule has 0 spiro atoms. The molecule has 0 unspecified atom stereocenters. The second kappa shape index (κ2) is 59.5. The van der Waals surface area contributed by atoms with Crippen LogP contribution >= 0.6 is 0 Å². The van der Waals surface area contributed by atoms with Crippen molar-refractivity contribution in [3.8, 4) is 11.8 Å². The Labute approximate surface area is 792 Å². The number of hydrogen-bond donors (Lipinski definition) is 6. The van der Waals surface area contributed by atoms with E-state index < -0.39 is 0 Å². The van der Waals surface area contributed by atoms with Crippen molar-refractivity contribution >= 4 is 11.4 Å². The SMILES string of the molecule is CC(C)(C)C/C=C/C1CC1.CC(C)(C)CC#CC1CC1.CC(C)(C)CCNC1CCNCC1.CC(C)(C)CCNc1ccccc1.CC(C)(C)CCNc1ccncc1.CC(C)(C)Cc1ccncc1.CC(C)(C)c1ccccc1.CC(C)(C)c1ccncc1.CC(C)C(C)(C)CN.CC(C)C1(CN)CC1.Cc1ccc(C(C)(C)C)cc1.Cc1cnccc1C(C)(C)C. The van der Waals surface area contributed by atoms with Gasteiger partial charge in [-0.15, -0.1) is 5.92 Å². The summed E-state index contributed by atoms with van der Waals surface area (Å²) >= 11 is 0. The molecule has 5 heterocycles. The van der Waals surface area contributed by atoms with Gasteiger partial charge in [-0.05, 0) is 301 Å². The number of pyridine rings is 4. The maximum absolute atomic E-state index is 5.57. The molecule has 722 valence electrons. The summed E-state index contributed by atoms with van der Waals surface area (Å²) in [6.45, 7) is 92.2. The first-order valence-electron chi connectivity index (χ1n) is 49.2. The van der Waals surface area contributed by atoms with Gasteiger partial charge in [-0.25, -0.2) is 0 Å². The van der Waals surface area contributed by atoms with Gasteiger partial charge in [0.25, 0.3) is 0 Å². The predicted octanol–water partition coefficient (Wildman–Crippen LogP) is 31.5. The van der Waals surface area contributed by atoms with Crippen LogP contribution in [0.5, 0.6) is 0 Å². The smallest absolute Gasteiger partial charge is 0.0371 e. The average molecular weight is 1760 g/mol. The van der Waals surface area contributed by atoms with Gasteiger partial charge >= 0.3 is 0 Å². The van der Waals surface area contributed by atoms with Crippen LogP contribution in [0.2, 0.25) is 0 Å². The van der Waals surface area contributed by atoms with Crippen LogP contribution in [0.15, 0.2) is 189 Å². The molecule has 11 rings (SSSR count). The van der Waals surface area contributed by atoms with E-state index in [0.717, 1.165) is 68.5 Å². The van der Waals surface area contributed by atoms with Crippen LogP contribution in [-0.4, -0.2) is 71.8 Å². The van der Waals surface area contributed by atoms with Gasteiger partial charge in [-0.3, -0.25) is 19.9 Å². The van der Waals surface area contributed by atoms with Crippen LogP contribution in [0.3, 0.4) is 0 Å². The second-order valence-electron chi connectivity index (χ2n) is 49.0. The third-order valence-electron chi connectivity index (χ3n) is 22.8. The number of hydrogen-bond acceptors (Lipinski definition) is 10. The number of nitrogens with zero attached hydrogens (tertiary/aromatic N) is 4. The molecule has 3 aromatic carbocycles. The summed E-state index contributed by atoms with van der Waals surface area (Å²) in [4.78, 5) is 16.0. The van der Waals surface area contributed by atoms with Gasteiger partial charge in [0, 0.05) is 92.4 Å². The first-order valence-corrected chi connectivity index (χ1v) is 49.2. The first-order chi connectivity index (χ1) is 58.9. The van der Waals surface area contributed by atoms with Crippen LogP contribution in [0.25, 0.3) is 0 Å². The van der Waals surface area contributed by atoms with Crippen molar-refractivity contribution in [2.45, 2.75) is 381 Å². The number of benzene rings is 3. The van der Waals surface area contributed by atoms with Gasteiger partial charge in [0.1, 0.15) is 0 Å². The maximum atomic E-state index is 5.57. The van der Waals surface area contributed by atoms with Crippen LogP contribution in [0.1, 0.15) is 372 Å². The van der Waals surface area contributed by atoms with Gasteiger partial charge in [-0.2, -0.15) is 0 Å². The minimum Gasteiger partial charge on any atom is -0.385 e. The van der Waals surface area contributed by atoms with E-state index in [1.165, 1.54) is 141 Å². The van der Waals surface area contributed by atoms with Gasteiger partial charge in [0.15, 0.2) is 0 Å². The predicted molar refractivity (Wildman–Crippen MR) is 571 cm³/mol. The lowest BCUT2D eigenvalue weighted by Gasteiger charge is -2.26. The number of allylic oxidation sites excluding steroid dienone is 2. The summed E-state index contributed by atoms with van der Waals surface area (Å²) in [5.74, 6) is 9.70. The third kappa shape index (κ3) is 69.0. The molecule has 128 heavy (non-hydrogen) atoms. The average Bonchev–Trinajstić information content (AvgIpc) is 1.65. The summed E-state index contributed by atoms with van der Waals surface area (Å²) in [5, 5.41) is 13.8. The highest BCUT2D eigenvalue weighted by Gasteiger charge is 2.43. The van der Waals surface area contributed by atoms with Crippen molar-refractivity contribution in [1.29, 1.82) is 0 Å². The summed E-state index contributed by atoms with van der Waals surface area (Å²) in [6.07, 6.45) is 37.4. The van der Waals surface area contributed by atoms with Crippen molar-refractivity contribution in [1.82, 2.24) is 30.6 Å². The molecule has 8 N–H and O–H groups in total. The van der Waals surface area contributed by atoms with Crippen molar-refractivity contribution in [3.63, 3.8) is 0 Å². The molecule has 4 aliphatic rings. The van der Waals surface area contributed by atoms with E-state index in [0.29, 0.717) is 54.7 Å². The fourth-order valence-electron chi connectivity index (χ4n) is 12.1. The van der Waals surface area contributed by atoms with Crippen LogP contribution < -0.4 is 32.7 Å². The molecular weight excluding hydrogens is 1560 g/mol. The molecular formula is C118H200N10. The zero-order valence-electron chi connectivity index (χ0n) is 90.1. The Hall–Kier alpha value is -7.00. The summed E-state index contributed by atoms with van der Waals surface area (Å²) in [5.41, 5.74) is 27.4. The molecule has 10 heteroatoms. The summed E-state index contributed by atoms with van der Waals surface area (Å²) in [6, 6.07) is 44.7. The standard InChI is InChI=1S/C12H19N.C11H24N2.C11H18N2.C11H16.2C10H15N.C10H18.C10H16.C10H14.C9H13N.C7H15N.C7H17N/c1-12(2,3)9-10-13-11-7-5-4-6-8-11;2*1-11(2,3)6-9-13-10-4-7-12-8-5-10;1-9-5-7-10(8-6-9)11(2,3)4;1-8-7-11-6-5-9(8)10(2,3)4;1-10(2,3)8-9-4-6-11-7-5-9;2*1-10(2,3)8-4-5-9-6-7-9;1-10(2,3)9-7-5-4-6-8-9;1-9(2,3)8-4-6-10-7-5-8;1-6(2)7(5-8)3-4-7;1-6(2)7(3,4)5-8/h4-8,13H,9-10H2,1-3H3;10,12-13H,4-9H2,1-3H3;4-5,7-8H,6,9H2,1-3H3,(H,12,13);5-8H,1-4H3;5-7H,1-4H3;4-7H,8H2,1-3H3;4-5,9H,6-8H2,1-3H3;9H,6-8H2,1-3H3;4-8H,1-3H3;4-7H,1-3H3;6H,3-5,8H2,1-2H3;6H,5,8H2,1-4H3/b;;;;;;5-4+;;;;;. The molecule has 0 amide bonds.